The van der Waals surface area contributed by atoms with Crippen molar-refractivity contribution in [3.05, 3.63) is 53.6 Å². The lowest BCUT2D eigenvalue weighted by Crippen LogP contribution is -2.31. The zero-order chi connectivity index (χ0) is 22.6. The molecular weight excluding hydrogens is 432 g/mol. The minimum absolute atomic E-state index is 0.494. The Morgan fingerprint density at radius 1 is 1.06 bits per heavy atom. The van der Waals surface area contributed by atoms with Crippen molar-refractivity contribution in [2.75, 3.05) is 49.5 Å². The second-order valence-electron chi connectivity index (χ2n) is 8.90. The molecule has 2 aliphatic heterocycles. The van der Waals surface area contributed by atoms with Gasteiger partial charge in [-0.15, -0.1) is 11.3 Å². The molecule has 7 heteroatoms. The van der Waals surface area contributed by atoms with Gasteiger partial charge >= 0.3 is 6.03 Å². The molecule has 1 saturated heterocycles. The van der Waals surface area contributed by atoms with E-state index >= 15 is 0 Å². The maximum atomic E-state index is 11.5. The van der Waals surface area contributed by atoms with Crippen molar-refractivity contribution in [2.24, 2.45) is 5.73 Å². The van der Waals surface area contributed by atoms with Crippen LogP contribution in [-0.4, -0.2) is 50.3 Å². The summed E-state index contributed by atoms with van der Waals surface area (Å²) in [6.07, 6.45) is 5.39. The second-order valence-corrected chi connectivity index (χ2v) is 9.95. The van der Waals surface area contributed by atoms with Gasteiger partial charge < -0.3 is 20.3 Å². The van der Waals surface area contributed by atoms with E-state index in [9.17, 15) is 4.79 Å². The maximum absolute atomic E-state index is 11.5. The van der Waals surface area contributed by atoms with E-state index in [4.69, 9.17) is 10.5 Å². The molecule has 33 heavy (non-hydrogen) atoms. The molecule has 3 aromatic rings. The molecule has 3 N–H and O–H groups in total. The summed E-state index contributed by atoms with van der Waals surface area (Å²) in [5.74, 6) is 1.11. The fourth-order valence-electron chi connectivity index (χ4n) is 5.08. The normalized spacial score (nSPS) is 16.4. The lowest BCUT2D eigenvalue weighted by Gasteiger charge is -2.25. The molecule has 0 bridgehead atoms. The van der Waals surface area contributed by atoms with E-state index in [-0.39, 0.29) is 0 Å². The number of nitrogens with two attached hydrogens (primary N) is 1. The highest BCUT2D eigenvalue weighted by molar-refractivity contribution is 7.23. The summed E-state index contributed by atoms with van der Waals surface area (Å²) in [5, 5.41) is 4.96. The zero-order valence-corrected chi connectivity index (χ0v) is 19.8. The van der Waals surface area contributed by atoms with Gasteiger partial charge in [-0.25, -0.2) is 4.79 Å². The zero-order valence-electron chi connectivity index (χ0n) is 19.0. The van der Waals surface area contributed by atoms with Crippen molar-refractivity contribution in [1.29, 1.82) is 0 Å². The first-order valence-electron chi connectivity index (χ1n) is 12.0. The molecule has 1 fully saturated rings. The first-order chi connectivity index (χ1) is 16.2. The van der Waals surface area contributed by atoms with Crippen molar-refractivity contribution < 1.29 is 9.53 Å². The van der Waals surface area contributed by atoms with Crippen LogP contribution in [0.4, 0.5) is 15.5 Å². The third-order valence-electron chi connectivity index (χ3n) is 6.71. The summed E-state index contributed by atoms with van der Waals surface area (Å²) in [7, 11) is 0. The number of rotatable bonds is 7. The highest BCUT2D eigenvalue weighted by Gasteiger charge is 2.22. The number of unbranched alkanes of at least 4 members (excludes halogenated alkanes) is 1. The number of urea groups is 1. The molecular formula is C26H32N4O2S. The van der Waals surface area contributed by atoms with Crippen LogP contribution in [0.15, 0.2) is 42.5 Å². The maximum Gasteiger partial charge on any atom is 0.317 e. The van der Waals surface area contributed by atoms with E-state index in [1.165, 1.54) is 33.3 Å². The van der Waals surface area contributed by atoms with Crippen molar-refractivity contribution in [3.63, 3.8) is 0 Å². The highest BCUT2D eigenvalue weighted by Crippen LogP contribution is 2.37. The van der Waals surface area contributed by atoms with Crippen molar-refractivity contribution in [2.45, 2.75) is 32.1 Å². The second kappa shape index (κ2) is 10.0. The third-order valence-corrected chi connectivity index (χ3v) is 7.84. The van der Waals surface area contributed by atoms with Gasteiger partial charge in [0.05, 0.1) is 12.3 Å². The van der Waals surface area contributed by atoms with Crippen LogP contribution in [0.25, 0.3) is 10.1 Å². The number of anilines is 2. The van der Waals surface area contributed by atoms with Crippen LogP contribution in [0.3, 0.4) is 0 Å². The number of hydrogen-bond donors (Lipinski definition) is 2. The van der Waals surface area contributed by atoms with Crippen LogP contribution < -0.4 is 20.7 Å². The van der Waals surface area contributed by atoms with Crippen molar-refractivity contribution in [3.8, 4) is 5.75 Å². The number of primary amides is 1. The monoisotopic (exact) mass is 464 g/mol. The van der Waals surface area contributed by atoms with E-state index in [0.717, 1.165) is 75.8 Å². The van der Waals surface area contributed by atoms with Gasteiger partial charge in [0.25, 0.3) is 0 Å². The number of hydrogen-bond acceptors (Lipinski definition) is 5. The average Bonchev–Trinajstić information content (AvgIpc) is 3.34. The number of aryl methyl sites for hydroxylation is 1. The minimum atomic E-state index is -0.494. The predicted octanol–water partition coefficient (Wildman–Crippen LogP) is 4.86. The largest absolute Gasteiger partial charge is 0.491 e. The molecule has 2 aromatic carbocycles. The summed E-state index contributed by atoms with van der Waals surface area (Å²) in [6.45, 7) is 6.27. The van der Waals surface area contributed by atoms with Gasteiger partial charge in [-0.1, -0.05) is 30.3 Å². The molecule has 0 atom stereocenters. The van der Waals surface area contributed by atoms with E-state index in [1.807, 2.05) is 6.07 Å². The number of para-hydroxylation sites is 1. The summed E-state index contributed by atoms with van der Waals surface area (Å²) >= 11 is 1.61. The fourth-order valence-corrected chi connectivity index (χ4v) is 6.23. The summed E-state index contributed by atoms with van der Waals surface area (Å²) in [5.41, 5.74) is 9.24. The summed E-state index contributed by atoms with van der Waals surface area (Å²) < 4.78 is 7.14. The SMILES string of the molecule is NC(=O)Nc1sc2ccccc2c1CCCCN1CCCN(c2cccc3c2OCC3)CC1. The molecule has 1 aromatic heterocycles. The van der Waals surface area contributed by atoms with Crippen LogP contribution >= 0.6 is 11.3 Å². The lowest BCUT2D eigenvalue weighted by molar-refractivity contribution is 0.259. The van der Waals surface area contributed by atoms with E-state index in [2.05, 4.69) is 51.5 Å². The minimum Gasteiger partial charge on any atom is -0.491 e. The number of carbonyl (C=O) groups is 1. The standard InChI is InChI=1S/C26H32N4O2S/c27-26(31)28-25-21(20-8-1-2-11-23(20)33-25)9-3-4-13-29-14-6-15-30(17-16-29)22-10-5-7-19-12-18-32-24(19)22/h1-2,5,7-8,10-11H,3-4,6,9,12-18H2,(H3,27,28,31). The van der Waals surface area contributed by atoms with Crippen LogP contribution in [0.5, 0.6) is 5.75 Å². The highest BCUT2D eigenvalue weighted by atomic mass is 32.1. The van der Waals surface area contributed by atoms with Crippen LogP contribution in [0, 0.1) is 0 Å². The molecule has 0 unspecified atom stereocenters. The molecule has 0 radical (unpaired) electrons. The van der Waals surface area contributed by atoms with Crippen LogP contribution in [-0.2, 0) is 12.8 Å². The summed E-state index contributed by atoms with van der Waals surface area (Å²) in [4.78, 5) is 16.6. The molecule has 174 valence electrons. The molecule has 2 aliphatic rings. The Bertz CT molecular complexity index is 1130. The smallest absolute Gasteiger partial charge is 0.317 e. The molecule has 0 aliphatic carbocycles. The number of nitrogens with one attached hydrogen (secondary N) is 1. The van der Waals surface area contributed by atoms with Gasteiger partial charge in [0.2, 0.25) is 0 Å². The van der Waals surface area contributed by atoms with Gasteiger partial charge in [0.15, 0.2) is 0 Å². The van der Waals surface area contributed by atoms with Gasteiger partial charge in [-0.2, -0.15) is 0 Å². The Hall–Kier alpha value is -2.77. The number of fused-ring (bicyclic) bond motifs is 2. The van der Waals surface area contributed by atoms with Gasteiger partial charge in [0, 0.05) is 30.8 Å². The Morgan fingerprint density at radius 3 is 2.88 bits per heavy atom. The Labute approximate surface area is 199 Å². The van der Waals surface area contributed by atoms with E-state index < -0.39 is 6.03 Å². The topological polar surface area (TPSA) is 70.8 Å². The molecule has 5 rings (SSSR count). The van der Waals surface area contributed by atoms with E-state index in [1.54, 1.807) is 11.3 Å². The van der Waals surface area contributed by atoms with Gasteiger partial charge in [0.1, 0.15) is 10.8 Å². The molecule has 0 saturated carbocycles. The molecule has 6 nitrogen and oxygen atoms in total. The average molecular weight is 465 g/mol. The van der Waals surface area contributed by atoms with Crippen molar-refractivity contribution >= 4 is 38.1 Å². The number of ether oxygens (including phenoxy) is 1. The number of nitrogens with zero attached hydrogens (tertiary/aromatic N) is 2. The quantitative estimate of drug-likeness (QED) is 0.490. The van der Waals surface area contributed by atoms with Crippen LogP contribution in [0.1, 0.15) is 30.4 Å². The number of carbonyl (C=O) groups excluding carboxylic acids is 1. The number of benzene rings is 2. The first kappa shape index (κ1) is 22.0. The van der Waals surface area contributed by atoms with Crippen LogP contribution in [0.2, 0.25) is 0 Å². The molecule has 3 heterocycles. The Balaban J connectivity index is 1.15. The van der Waals surface area contributed by atoms with Gasteiger partial charge in [-0.3, -0.25) is 5.32 Å². The molecule has 2 amide bonds. The Kier molecular flexibility index (Phi) is 6.69. The first-order valence-corrected chi connectivity index (χ1v) is 12.8. The van der Waals surface area contributed by atoms with E-state index in [0.29, 0.717) is 0 Å². The lowest BCUT2D eigenvalue weighted by atomic mass is 10.1. The van der Waals surface area contributed by atoms with Gasteiger partial charge in [-0.05, 0) is 67.4 Å². The Morgan fingerprint density at radius 2 is 1.97 bits per heavy atom. The fraction of sp³-hybridized carbons (Fsp3) is 0.423. The number of amides is 2. The molecule has 0 spiro atoms. The predicted molar refractivity (Wildman–Crippen MR) is 137 cm³/mol. The third kappa shape index (κ3) is 4.94. The summed E-state index contributed by atoms with van der Waals surface area (Å²) in [6, 6.07) is 14.4. The van der Waals surface area contributed by atoms with Crippen molar-refractivity contribution in [1.82, 2.24) is 4.90 Å². The number of thiophene rings is 1.